The Morgan fingerprint density at radius 2 is 1.83 bits per heavy atom. The van der Waals surface area contributed by atoms with Crippen molar-refractivity contribution in [2.75, 3.05) is 7.11 Å². The summed E-state index contributed by atoms with van der Waals surface area (Å²) in [6, 6.07) is 8.77. The molecule has 1 aromatic carbocycles. The fourth-order valence-corrected chi connectivity index (χ4v) is 2.94. The maximum atomic E-state index is 6.36. The first-order valence-corrected chi connectivity index (χ1v) is 7.86. The third-order valence-electron chi connectivity index (χ3n) is 3.69. The van der Waals surface area contributed by atoms with Gasteiger partial charge in [0.2, 0.25) is 5.88 Å². The molecule has 3 heterocycles. The quantitative estimate of drug-likeness (QED) is 0.541. The maximum absolute atomic E-state index is 6.36. The zero-order chi connectivity index (χ0) is 16.8. The van der Waals surface area contributed by atoms with Gasteiger partial charge in [0.25, 0.3) is 0 Å². The molecular weight excluding hydrogens is 349 g/mol. The van der Waals surface area contributed by atoms with Gasteiger partial charge in [0.1, 0.15) is 11.3 Å². The molecule has 8 heteroatoms. The van der Waals surface area contributed by atoms with Crippen molar-refractivity contribution in [3.63, 3.8) is 0 Å². The second-order valence-electron chi connectivity index (χ2n) is 5.20. The van der Waals surface area contributed by atoms with Gasteiger partial charge in [-0.1, -0.05) is 23.2 Å². The highest BCUT2D eigenvalue weighted by Gasteiger charge is 2.18. The number of benzene rings is 1. The molecule has 4 aromatic rings. The van der Waals surface area contributed by atoms with E-state index in [4.69, 9.17) is 27.9 Å². The van der Waals surface area contributed by atoms with Crippen LogP contribution in [0.15, 0.2) is 30.3 Å². The fraction of sp³-hybridized carbons (Fsp3) is 0.125. The van der Waals surface area contributed by atoms with Crippen LogP contribution in [0, 0.1) is 6.92 Å². The minimum absolute atomic E-state index is 0.478. The predicted octanol–water partition coefficient (Wildman–Crippen LogP) is 3.96. The Morgan fingerprint density at radius 3 is 2.62 bits per heavy atom. The normalized spacial score (nSPS) is 11.3. The summed E-state index contributed by atoms with van der Waals surface area (Å²) in [5.41, 5.74) is 3.24. The molecule has 24 heavy (non-hydrogen) atoms. The smallest absolute Gasteiger partial charge is 0.215 e. The molecule has 0 radical (unpaired) electrons. The van der Waals surface area contributed by atoms with E-state index in [1.807, 2.05) is 11.3 Å². The van der Waals surface area contributed by atoms with Crippen molar-refractivity contribution in [1.29, 1.82) is 0 Å². The Balaban J connectivity index is 2.16. The van der Waals surface area contributed by atoms with E-state index in [1.54, 1.807) is 37.4 Å². The van der Waals surface area contributed by atoms with Gasteiger partial charge >= 0.3 is 0 Å². The monoisotopic (exact) mass is 359 g/mol. The zero-order valence-corrected chi connectivity index (χ0v) is 14.3. The minimum Gasteiger partial charge on any atom is -0.481 e. The van der Waals surface area contributed by atoms with Crippen LogP contribution in [0.1, 0.15) is 5.69 Å². The number of methoxy groups -OCH3 is 1. The lowest BCUT2D eigenvalue weighted by molar-refractivity contribution is 0.399. The minimum atomic E-state index is 0.478. The fourth-order valence-electron chi connectivity index (χ4n) is 2.57. The summed E-state index contributed by atoms with van der Waals surface area (Å²) in [6.07, 6.45) is 0. The van der Waals surface area contributed by atoms with Crippen molar-refractivity contribution < 1.29 is 4.74 Å². The van der Waals surface area contributed by atoms with Crippen LogP contribution >= 0.6 is 23.2 Å². The van der Waals surface area contributed by atoms with Crippen molar-refractivity contribution >= 4 is 40.0 Å². The number of hydrogen-bond donors (Lipinski definition) is 0. The molecule has 0 aliphatic carbocycles. The number of nitrogens with zero attached hydrogens (tertiary/aromatic N) is 5. The maximum Gasteiger partial charge on any atom is 0.215 e. The Hall–Kier alpha value is -2.44. The van der Waals surface area contributed by atoms with Gasteiger partial charge in [0, 0.05) is 16.7 Å². The molecule has 4 rings (SSSR count). The summed E-state index contributed by atoms with van der Waals surface area (Å²) < 4.78 is 7.04. The van der Waals surface area contributed by atoms with E-state index in [0.29, 0.717) is 44.1 Å². The van der Waals surface area contributed by atoms with Crippen LogP contribution in [0.5, 0.6) is 5.88 Å². The van der Waals surface area contributed by atoms with Crippen LogP contribution in [0.3, 0.4) is 0 Å². The highest BCUT2D eigenvalue weighted by molar-refractivity contribution is 6.35. The van der Waals surface area contributed by atoms with Crippen molar-refractivity contribution in [1.82, 2.24) is 24.6 Å². The molecule has 0 N–H and O–H groups in total. The van der Waals surface area contributed by atoms with Crippen molar-refractivity contribution in [3.05, 3.63) is 46.1 Å². The highest BCUT2D eigenvalue weighted by atomic mass is 35.5. The second kappa shape index (κ2) is 5.58. The number of halogens is 2. The van der Waals surface area contributed by atoms with Crippen molar-refractivity contribution in [3.8, 4) is 17.3 Å². The topological polar surface area (TPSA) is 65.2 Å². The summed E-state index contributed by atoms with van der Waals surface area (Å²) in [5, 5.41) is 9.57. The van der Waals surface area contributed by atoms with Gasteiger partial charge in [-0.05, 0) is 31.2 Å². The molecule has 0 amide bonds. The van der Waals surface area contributed by atoms with Gasteiger partial charge in [-0.25, -0.2) is 4.98 Å². The van der Waals surface area contributed by atoms with Gasteiger partial charge in [-0.2, -0.15) is 4.98 Å². The first-order chi connectivity index (χ1) is 11.6. The van der Waals surface area contributed by atoms with E-state index in [2.05, 4.69) is 20.2 Å². The summed E-state index contributed by atoms with van der Waals surface area (Å²) in [5.74, 6) is 1.09. The van der Waals surface area contributed by atoms with Crippen LogP contribution in [0.4, 0.5) is 0 Å². The number of imidazole rings is 1. The lowest BCUT2D eigenvalue weighted by Crippen LogP contribution is -2.00. The Kier molecular flexibility index (Phi) is 3.51. The van der Waals surface area contributed by atoms with E-state index in [0.717, 1.165) is 5.69 Å². The third-order valence-corrected chi connectivity index (χ3v) is 4.26. The molecule has 3 aromatic heterocycles. The van der Waals surface area contributed by atoms with Gasteiger partial charge in [-0.3, -0.25) is 4.40 Å². The van der Waals surface area contributed by atoms with Crippen molar-refractivity contribution in [2.45, 2.75) is 6.92 Å². The second-order valence-corrected chi connectivity index (χ2v) is 6.04. The van der Waals surface area contributed by atoms with Gasteiger partial charge < -0.3 is 4.74 Å². The Labute approximate surface area is 147 Å². The van der Waals surface area contributed by atoms with Gasteiger partial charge in [0.15, 0.2) is 11.3 Å². The van der Waals surface area contributed by atoms with E-state index in [1.165, 1.54) is 0 Å². The third kappa shape index (κ3) is 2.26. The van der Waals surface area contributed by atoms with E-state index >= 15 is 0 Å². The zero-order valence-electron chi connectivity index (χ0n) is 12.8. The van der Waals surface area contributed by atoms with E-state index < -0.39 is 0 Å². The predicted molar refractivity (Wildman–Crippen MR) is 92.8 cm³/mol. The summed E-state index contributed by atoms with van der Waals surface area (Å²) in [7, 11) is 1.56. The molecular formula is C16H11Cl2N5O. The average molecular weight is 360 g/mol. The van der Waals surface area contributed by atoms with E-state index in [-0.39, 0.29) is 0 Å². The van der Waals surface area contributed by atoms with Gasteiger partial charge in [-0.15, -0.1) is 10.2 Å². The Morgan fingerprint density at radius 1 is 1.00 bits per heavy atom. The van der Waals surface area contributed by atoms with Crippen molar-refractivity contribution in [2.24, 2.45) is 0 Å². The molecule has 6 nitrogen and oxygen atoms in total. The molecule has 0 unspecified atom stereocenters. The number of hydrogen-bond acceptors (Lipinski definition) is 5. The first kappa shape index (κ1) is 15.1. The summed E-state index contributed by atoms with van der Waals surface area (Å²) in [6.45, 7) is 1.86. The van der Waals surface area contributed by atoms with Crippen LogP contribution in [0.25, 0.3) is 28.2 Å². The molecule has 0 atom stereocenters. The van der Waals surface area contributed by atoms with E-state index in [9.17, 15) is 0 Å². The highest BCUT2D eigenvalue weighted by Crippen LogP contribution is 2.32. The lowest BCUT2D eigenvalue weighted by atomic mass is 10.2. The number of aromatic nitrogens is 5. The summed E-state index contributed by atoms with van der Waals surface area (Å²) >= 11 is 12.5. The standard InChI is InChI=1S/C16H11Cl2N5O/c1-8-14-22-21-12-5-6-13(24-2)20-16(12)23(14)15(19-8)10-7-9(17)3-4-11(10)18/h3-7H,1-2H3. The first-order valence-electron chi connectivity index (χ1n) is 7.10. The molecule has 0 spiro atoms. The van der Waals surface area contributed by atoms with Crippen LogP contribution in [-0.2, 0) is 0 Å². The van der Waals surface area contributed by atoms with Crippen LogP contribution in [-0.4, -0.2) is 31.7 Å². The molecule has 0 saturated heterocycles. The molecule has 120 valence electrons. The summed E-state index contributed by atoms with van der Waals surface area (Å²) in [4.78, 5) is 9.10. The van der Waals surface area contributed by atoms with Crippen LogP contribution < -0.4 is 4.74 Å². The molecule has 0 aliphatic rings. The number of pyridine rings is 1. The molecule has 0 fully saturated rings. The molecule has 0 bridgehead atoms. The number of ether oxygens (including phenoxy) is 1. The Bertz CT molecular complexity index is 1090. The largest absolute Gasteiger partial charge is 0.481 e. The number of fused-ring (bicyclic) bond motifs is 3. The number of rotatable bonds is 2. The molecule has 0 aliphatic heterocycles. The molecule has 0 saturated carbocycles. The SMILES string of the molecule is COc1ccc2nnc3c(C)nc(-c4cc(Cl)ccc4Cl)n3c2n1. The number of aryl methyl sites for hydroxylation is 1. The lowest BCUT2D eigenvalue weighted by Gasteiger charge is -2.07. The van der Waals surface area contributed by atoms with Gasteiger partial charge in [0.05, 0.1) is 17.8 Å². The average Bonchev–Trinajstić information content (AvgIpc) is 2.93. The van der Waals surface area contributed by atoms with Crippen LogP contribution in [0.2, 0.25) is 10.0 Å².